The summed E-state index contributed by atoms with van der Waals surface area (Å²) in [7, 11) is -3.17. The van der Waals surface area contributed by atoms with Crippen molar-refractivity contribution in [2.45, 2.75) is 13.0 Å². The summed E-state index contributed by atoms with van der Waals surface area (Å²) in [5.41, 5.74) is 0.814. The highest BCUT2D eigenvalue weighted by Gasteiger charge is 2.05. The number of aliphatic hydroxyl groups excluding tert-OH is 1. The predicted octanol–water partition coefficient (Wildman–Crippen LogP) is 0.531. The maximum absolute atomic E-state index is 10.9. The molecule has 0 aromatic carbocycles. The lowest BCUT2D eigenvalue weighted by atomic mass is 10.2. The lowest BCUT2D eigenvalue weighted by Crippen LogP contribution is -2.20. The molecule has 0 bridgehead atoms. The molecule has 1 aromatic rings. The Morgan fingerprint density at radius 3 is 2.94 bits per heavy atom. The highest BCUT2D eigenvalue weighted by molar-refractivity contribution is 7.88. The van der Waals surface area contributed by atoms with Crippen molar-refractivity contribution in [3.63, 3.8) is 0 Å². The van der Waals surface area contributed by atoms with Gasteiger partial charge in [0, 0.05) is 23.4 Å². The molecule has 0 saturated carbocycles. The van der Waals surface area contributed by atoms with Gasteiger partial charge in [0.15, 0.2) is 0 Å². The van der Waals surface area contributed by atoms with Gasteiger partial charge in [-0.05, 0) is 11.4 Å². The molecule has 0 amide bonds. The second kappa shape index (κ2) is 6.01. The molecular weight excluding hydrogens is 246 g/mol. The van der Waals surface area contributed by atoms with Gasteiger partial charge in [0.25, 0.3) is 0 Å². The van der Waals surface area contributed by atoms with Crippen molar-refractivity contribution in [2.24, 2.45) is 0 Å². The molecule has 0 aliphatic rings. The molecule has 1 heterocycles. The van der Waals surface area contributed by atoms with Gasteiger partial charge in [-0.1, -0.05) is 11.8 Å². The minimum absolute atomic E-state index is 0.0358. The summed E-state index contributed by atoms with van der Waals surface area (Å²) in [6.45, 7) is 0.299. The van der Waals surface area contributed by atoms with E-state index in [4.69, 9.17) is 5.11 Å². The molecule has 88 valence electrons. The number of nitrogens with one attached hydrogen (secondary N) is 1. The summed E-state index contributed by atoms with van der Waals surface area (Å²) in [5.74, 6) is 5.70. The van der Waals surface area contributed by atoms with Gasteiger partial charge in [0.2, 0.25) is 10.0 Å². The van der Waals surface area contributed by atoms with Crippen LogP contribution in [-0.4, -0.2) is 26.4 Å². The Labute approximate surface area is 99.4 Å². The largest absolute Gasteiger partial charge is 0.395 e. The number of aliphatic hydroxyl groups is 1. The topological polar surface area (TPSA) is 66.4 Å². The van der Waals surface area contributed by atoms with Crippen molar-refractivity contribution in [3.05, 3.63) is 21.9 Å². The van der Waals surface area contributed by atoms with Crippen molar-refractivity contribution in [2.75, 3.05) is 12.9 Å². The first-order chi connectivity index (χ1) is 7.53. The Bertz CT molecular complexity index is 494. The monoisotopic (exact) mass is 259 g/mol. The summed E-state index contributed by atoms with van der Waals surface area (Å²) < 4.78 is 24.3. The molecule has 16 heavy (non-hydrogen) atoms. The highest BCUT2D eigenvalue weighted by atomic mass is 32.2. The molecule has 0 aliphatic heterocycles. The lowest BCUT2D eigenvalue weighted by molar-refractivity contribution is 0.305. The summed E-state index contributed by atoms with van der Waals surface area (Å²) >= 11 is 1.46. The maximum atomic E-state index is 10.9. The van der Waals surface area contributed by atoms with E-state index in [1.54, 1.807) is 0 Å². The first-order valence-electron chi connectivity index (χ1n) is 4.63. The zero-order valence-electron chi connectivity index (χ0n) is 8.86. The molecule has 1 aromatic heterocycles. The van der Waals surface area contributed by atoms with E-state index in [2.05, 4.69) is 16.6 Å². The first kappa shape index (κ1) is 13.2. The van der Waals surface area contributed by atoms with Gasteiger partial charge < -0.3 is 5.11 Å². The van der Waals surface area contributed by atoms with Crippen LogP contribution in [0.2, 0.25) is 0 Å². The summed E-state index contributed by atoms with van der Waals surface area (Å²) in [6, 6.07) is 1.84. The van der Waals surface area contributed by atoms with E-state index in [1.165, 1.54) is 11.3 Å². The summed E-state index contributed by atoms with van der Waals surface area (Å²) in [6.07, 6.45) is 1.55. The van der Waals surface area contributed by atoms with Crippen LogP contribution in [0.5, 0.6) is 0 Å². The van der Waals surface area contributed by atoms with Crippen LogP contribution in [-0.2, 0) is 16.6 Å². The normalized spacial score (nSPS) is 10.9. The van der Waals surface area contributed by atoms with Gasteiger partial charge in [0.1, 0.15) is 0 Å². The molecule has 0 unspecified atom stereocenters. The molecule has 0 radical (unpaired) electrons. The Balaban J connectivity index is 2.69. The Kier molecular flexibility index (Phi) is 4.96. The molecule has 2 N–H and O–H groups in total. The predicted molar refractivity (Wildman–Crippen MR) is 64.6 cm³/mol. The number of rotatable bonds is 4. The van der Waals surface area contributed by atoms with Crippen LogP contribution in [0.4, 0.5) is 0 Å². The van der Waals surface area contributed by atoms with Crippen LogP contribution >= 0.6 is 11.3 Å². The van der Waals surface area contributed by atoms with Crippen LogP contribution in [0.1, 0.15) is 16.9 Å². The molecule has 0 fully saturated rings. The number of thiophene rings is 1. The van der Waals surface area contributed by atoms with E-state index in [0.29, 0.717) is 6.42 Å². The Morgan fingerprint density at radius 2 is 2.31 bits per heavy atom. The molecule has 0 spiro atoms. The Morgan fingerprint density at radius 1 is 1.56 bits per heavy atom. The SMILES string of the molecule is CS(=O)(=O)NCc1sccc1C#CCCO. The number of hydrogen-bond acceptors (Lipinski definition) is 4. The second-order valence-electron chi connectivity index (χ2n) is 3.13. The third-order valence-corrected chi connectivity index (χ3v) is 3.29. The van der Waals surface area contributed by atoms with Gasteiger partial charge in [-0.15, -0.1) is 11.3 Å². The van der Waals surface area contributed by atoms with E-state index in [0.717, 1.165) is 16.7 Å². The molecule has 4 nitrogen and oxygen atoms in total. The van der Waals surface area contributed by atoms with Gasteiger partial charge in [-0.2, -0.15) is 0 Å². The average Bonchev–Trinajstić information content (AvgIpc) is 2.62. The molecule has 1 rings (SSSR count). The van der Waals surface area contributed by atoms with Crippen molar-refractivity contribution >= 4 is 21.4 Å². The number of hydrogen-bond donors (Lipinski definition) is 2. The second-order valence-corrected chi connectivity index (χ2v) is 5.96. The molecule has 6 heteroatoms. The number of sulfonamides is 1. The zero-order valence-corrected chi connectivity index (χ0v) is 10.5. The van der Waals surface area contributed by atoms with Crippen LogP contribution in [0.15, 0.2) is 11.4 Å². The van der Waals surface area contributed by atoms with E-state index in [9.17, 15) is 8.42 Å². The van der Waals surface area contributed by atoms with Crippen LogP contribution in [0.3, 0.4) is 0 Å². The van der Waals surface area contributed by atoms with Crippen LogP contribution < -0.4 is 4.72 Å². The van der Waals surface area contributed by atoms with E-state index < -0.39 is 10.0 Å². The van der Waals surface area contributed by atoms with Gasteiger partial charge in [-0.25, -0.2) is 13.1 Å². The fourth-order valence-electron chi connectivity index (χ4n) is 0.999. The van der Waals surface area contributed by atoms with Crippen LogP contribution in [0, 0.1) is 11.8 Å². The van der Waals surface area contributed by atoms with Gasteiger partial charge in [-0.3, -0.25) is 0 Å². The molecule has 0 aliphatic carbocycles. The van der Waals surface area contributed by atoms with Crippen molar-refractivity contribution < 1.29 is 13.5 Å². The molecular formula is C10H13NO3S2. The fourth-order valence-corrected chi connectivity index (χ4v) is 2.27. The highest BCUT2D eigenvalue weighted by Crippen LogP contribution is 2.15. The maximum Gasteiger partial charge on any atom is 0.209 e. The van der Waals surface area contributed by atoms with E-state index in [1.807, 2.05) is 11.4 Å². The third kappa shape index (κ3) is 4.77. The standard InChI is InChI=1S/C10H13NO3S2/c1-16(13,14)11-8-10-9(5-7-15-10)4-2-3-6-12/h5,7,11-12H,3,6,8H2,1H3. The van der Waals surface area contributed by atoms with Crippen molar-refractivity contribution in [1.29, 1.82) is 0 Å². The lowest BCUT2D eigenvalue weighted by Gasteiger charge is -1.99. The Hall–Kier alpha value is -0.870. The fraction of sp³-hybridized carbons (Fsp3) is 0.400. The summed E-state index contributed by atoms with van der Waals surface area (Å²) in [5, 5.41) is 10.4. The minimum atomic E-state index is -3.17. The smallest absolute Gasteiger partial charge is 0.209 e. The van der Waals surface area contributed by atoms with E-state index in [-0.39, 0.29) is 13.2 Å². The average molecular weight is 259 g/mol. The van der Waals surface area contributed by atoms with Crippen LogP contribution in [0.25, 0.3) is 0 Å². The quantitative estimate of drug-likeness (QED) is 0.775. The van der Waals surface area contributed by atoms with E-state index >= 15 is 0 Å². The van der Waals surface area contributed by atoms with Crippen molar-refractivity contribution in [3.8, 4) is 11.8 Å². The first-order valence-corrected chi connectivity index (χ1v) is 7.41. The molecule has 0 saturated heterocycles. The third-order valence-electron chi connectivity index (χ3n) is 1.70. The zero-order chi connectivity index (χ0) is 12.0. The van der Waals surface area contributed by atoms with Crippen molar-refractivity contribution in [1.82, 2.24) is 4.72 Å². The van der Waals surface area contributed by atoms with Gasteiger partial charge >= 0.3 is 0 Å². The minimum Gasteiger partial charge on any atom is -0.395 e. The summed E-state index contributed by atoms with van der Waals surface area (Å²) in [4.78, 5) is 0.885. The van der Waals surface area contributed by atoms with Gasteiger partial charge in [0.05, 0.1) is 12.9 Å². The molecule has 0 atom stereocenters.